The third-order valence-corrected chi connectivity index (χ3v) is 6.79. The number of carbonyl (C=O) groups is 1. The molecule has 0 radical (unpaired) electrons. The van der Waals surface area contributed by atoms with Crippen molar-refractivity contribution in [1.29, 1.82) is 0 Å². The first kappa shape index (κ1) is 18.7. The number of aryl methyl sites for hydroxylation is 1. The summed E-state index contributed by atoms with van der Waals surface area (Å²) in [6.45, 7) is 3.87. The lowest BCUT2D eigenvalue weighted by Gasteiger charge is -2.26. The Morgan fingerprint density at radius 1 is 1.27 bits per heavy atom. The maximum absolute atomic E-state index is 12.7. The highest BCUT2D eigenvalue weighted by Crippen LogP contribution is 2.30. The second kappa shape index (κ2) is 7.65. The molecule has 0 aliphatic carbocycles. The molecular formula is C17H20N2O5S2. The van der Waals surface area contributed by atoms with Crippen LogP contribution in [-0.4, -0.2) is 52.6 Å². The molecule has 0 unspecified atom stereocenters. The molecule has 2 aromatic rings. The fourth-order valence-electron chi connectivity index (χ4n) is 2.62. The minimum atomic E-state index is -3.81. The Bertz CT molecular complexity index is 902. The average Bonchev–Trinajstić information content (AvgIpc) is 3.13. The Kier molecular flexibility index (Phi) is 5.49. The first-order valence-electron chi connectivity index (χ1n) is 8.04. The predicted octanol–water partition coefficient (Wildman–Crippen LogP) is 2.34. The highest BCUT2D eigenvalue weighted by Gasteiger charge is 2.24. The molecule has 3 rings (SSSR count). The summed E-state index contributed by atoms with van der Waals surface area (Å²) in [6, 6.07) is 6.65. The molecule has 1 aliphatic rings. The number of nitrogens with zero attached hydrogens (tertiary/aromatic N) is 1. The van der Waals surface area contributed by atoms with Crippen molar-refractivity contribution in [2.75, 3.05) is 38.1 Å². The summed E-state index contributed by atoms with van der Waals surface area (Å²) in [5.41, 5.74) is 1.63. The topological polar surface area (TPSA) is 84.9 Å². The van der Waals surface area contributed by atoms with Gasteiger partial charge in [0.2, 0.25) is 0 Å². The number of sulfonamides is 1. The van der Waals surface area contributed by atoms with E-state index >= 15 is 0 Å². The Labute approximate surface area is 156 Å². The van der Waals surface area contributed by atoms with Crippen molar-refractivity contribution in [3.8, 4) is 5.75 Å². The van der Waals surface area contributed by atoms with Crippen LogP contribution in [0, 0.1) is 6.92 Å². The van der Waals surface area contributed by atoms with Gasteiger partial charge in [0.25, 0.3) is 15.9 Å². The summed E-state index contributed by atoms with van der Waals surface area (Å²) < 4.78 is 38.4. The van der Waals surface area contributed by atoms with Crippen LogP contribution in [-0.2, 0) is 14.8 Å². The monoisotopic (exact) mass is 396 g/mol. The molecule has 0 bridgehead atoms. The van der Waals surface area contributed by atoms with Gasteiger partial charge in [-0.15, -0.1) is 11.3 Å². The van der Waals surface area contributed by atoms with Crippen LogP contribution in [0.1, 0.15) is 15.9 Å². The SMILES string of the molecule is COc1ccc(C)cc1NS(=O)(=O)c1cc(C(=O)N2CCOCC2)cs1. The van der Waals surface area contributed by atoms with E-state index in [-0.39, 0.29) is 10.1 Å². The summed E-state index contributed by atoms with van der Waals surface area (Å²) in [6.07, 6.45) is 0. The van der Waals surface area contributed by atoms with Crippen LogP contribution in [0.25, 0.3) is 0 Å². The van der Waals surface area contributed by atoms with E-state index in [2.05, 4.69) is 4.72 Å². The van der Waals surface area contributed by atoms with E-state index in [1.165, 1.54) is 13.2 Å². The third-order valence-electron chi connectivity index (χ3n) is 3.98. The van der Waals surface area contributed by atoms with Crippen molar-refractivity contribution in [3.63, 3.8) is 0 Å². The minimum Gasteiger partial charge on any atom is -0.495 e. The Balaban J connectivity index is 1.81. The van der Waals surface area contributed by atoms with E-state index in [9.17, 15) is 13.2 Å². The molecule has 0 atom stereocenters. The van der Waals surface area contributed by atoms with Gasteiger partial charge in [-0.2, -0.15) is 0 Å². The number of ether oxygens (including phenoxy) is 2. The van der Waals surface area contributed by atoms with Crippen molar-refractivity contribution in [2.45, 2.75) is 11.1 Å². The summed E-state index contributed by atoms with van der Waals surface area (Å²) in [7, 11) is -2.33. The standard InChI is InChI=1S/C17H20N2O5S2/c1-12-3-4-15(23-2)14(9-12)18-26(21,22)16-10-13(11-25-16)17(20)19-5-7-24-8-6-19/h3-4,9-11,18H,5-8H2,1-2H3. The molecule has 0 spiro atoms. The van der Waals surface area contributed by atoms with Crippen LogP contribution >= 0.6 is 11.3 Å². The molecule has 0 saturated carbocycles. The fraction of sp³-hybridized carbons (Fsp3) is 0.353. The maximum Gasteiger partial charge on any atom is 0.271 e. The molecule has 1 aliphatic heterocycles. The van der Waals surface area contributed by atoms with Crippen LogP contribution in [0.2, 0.25) is 0 Å². The number of hydrogen-bond donors (Lipinski definition) is 1. The van der Waals surface area contributed by atoms with E-state index in [1.807, 2.05) is 13.0 Å². The van der Waals surface area contributed by atoms with Crippen molar-refractivity contribution in [1.82, 2.24) is 4.90 Å². The van der Waals surface area contributed by atoms with E-state index in [0.29, 0.717) is 43.3 Å². The molecule has 1 amide bonds. The van der Waals surface area contributed by atoms with Gasteiger partial charge in [0, 0.05) is 18.5 Å². The lowest BCUT2D eigenvalue weighted by atomic mass is 10.2. The zero-order chi connectivity index (χ0) is 18.7. The summed E-state index contributed by atoms with van der Waals surface area (Å²) in [5, 5.41) is 1.57. The molecule has 1 saturated heterocycles. The quantitative estimate of drug-likeness (QED) is 0.839. The zero-order valence-corrected chi connectivity index (χ0v) is 16.2. The van der Waals surface area contributed by atoms with Crippen molar-refractivity contribution in [3.05, 3.63) is 40.8 Å². The zero-order valence-electron chi connectivity index (χ0n) is 14.5. The maximum atomic E-state index is 12.7. The van der Waals surface area contributed by atoms with Gasteiger partial charge in [0.15, 0.2) is 0 Å². The van der Waals surface area contributed by atoms with Crippen molar-refractivity contribution >= 4 is 33.0 Å². The molecule has 1 N–H and O–H groups in total. The number of thiophene rings is 1. The molecule has 7 nitrogen and oxygen atoms in total. The lowest BCUT2D eigenvalue weighted by Crippen LogP contribution is -2.40. The number of rotatable bonds is 5. The predicted molar refractivity (Wildman–Crippen MR) is 99.6 cm³/mol. The Morgan fingerprint density at radius 3 is 2.69 bits per heavy atom. The van der Waals surface area contributed by atoms with Gasteiger partial charge in [0.05, 0.1) is 31.6 Å². The van der Waals surface area contributed by atoms with Gasteiger partial charge in [0.1, 0.15) is 9.96 Å². The van der Waals surface area contributed by atoms with Gasteiger partial charge in [-0.25, -0.2) is 8.42 Å². The van der Waals surface area contributed by atoms with Crippen LogP contribution in [0.4, 0.5) is 5.69 Å². The highest BCUT2D eigenvalue weighted by molar-refractivity contribution is 7.94. The molecular weight excluding hydrogens is 376 g/mol. The van der Waals surface area contributed by atoms with Crippen molar-refractivity contribution in [2.24, 2.45) is 0 Å². The summed E-state index contributed by atoms with van der Waals surface area (Å²) >= 11 is 1.02. The Hall–Kier alpha value is -2.10. The van der Waals surface area contributed by atoms with Crippen LogP contribution in [0.15, 0.2) is 33.9 Å². The smallest absolute Gasteiger partial charge is 0.271 e. The number of morpholine rings is 1. The summed E-state index contributed by atoms with van der Waals surface area (Å²) in [4.78, 5) is 14.2. The van der Waals surface area contributed by atoms with Gasteiger partial charge in [-0.3, -0.25) is 9.52 Å². The largest absolute Gasteiger partial charge is 0.495 e. The van der Waals surface area contributed by atoms with Gasteiger partial charge >= 0.3 is 0 Å². The number of anilines is 1. The van der Waals surface area contributed by atoms with E-state index < -0.39 is 10.0 Å². The second-order valence-electron chi connectivity index (χ2n) is 5.87. The van der Waals surface area contributed by atoms with Crippen LogP contribution < -0.4 is 9.46 Å². The second-order valence-corrected chi connectivity index (χ2v) is 8.69. The number of nitrogens with one attached hydrogen (secondary N) is 1. The third kappa shape index (κ3) is 4.00. The molecule has 26 heavy (non-hydrogen) atoms. The highest BCUT2D eigenvalue weighted by atomic mass is 32.2. The number of carbonyl (C=O) groups excluding carboxylic acids is 1. The molecule has 140 valence electrons. The van der Waals surface area contributed by atoms with E-state index in [0.717, 1.165) is 16.9 Å². The van der Waals surface area contributed by atoms with Gasteiger partial charge in [-0.1, -0.05) is 6.07 Å². The van der Waals surface area contributed by atoms with E-state index in [4.69, 9.17) is 9.47 Å². The fourth-order valence-corrected chi connectivity index (χ4v) is 4.83. The number of benzene rings is 1. The average molecular weight is 396 g/mol. The number of methoxy groups -OCH3 is 1. The molecule has 1 aromatic heterocycles. The first-order chi connectivity index (χ1) is 12.4. The lowest BCUT2D eigenvalue weighted by molar-refractivity contribution is 0.0303. The number of hydrogen-bond acceptors (Lipinski definition) is 6. The van der Waals surface area contributed by atoms with Crippen LogP contribution in [0.5, 0.6) is 5.75 Å². The normalized spacial score (nSPS) is 14.9. The number of amides is 1. The molecule has 9 heteroatoms. The van der Waals surface area contributed by atoms with E-state index in [1.54, 1.807) is 22.4 Å². The first-order valence-corrected chi connectivity index (χ1v) is 10.4. The minimum absolute atomic E-state index is 0.0812. The van der Waals surface area contributed by atoms with Crippen molar-refractivity contribution < 1.29 is 22.7 Å². The van der Waals surface area contributed by atoms with Gasteiger partial charge in [-0.05, 0) is 30.7 Å². The molecule has 1 aromatic carbocycles. The summed E-state index contributed by atoms with van der Waals surface area (Å²) in [5.74, 6) is 0.250. The van der Waals surface area contributed by atoms with Gasteiger partial charge < -0.3 is 14.4 Å². The molecule has 1 fully saturated rings. The molecule has 2 heterocycles. The van der Waals surface area contributed by atoms with Crippen LogP contribution in [0.3, 0.4) is 0 Å². The Morgan fingerprint density at radius 2 is 2.00 bits per heavy atom.